The summed E-state index contributed by atoms with van der Waals surface area (Å²) in [6, 6.07) is 0. The minimum atomic E-state index is -1.05. The van der Waals surface area contributed by atoms with Crippen LogP contribution in [0.4, 0.5) is 0 Å². The van der Waals surface area contributed by atoms with Crippen LogP contribution in [0.2, 0.25) is 0 Å². The van der Waals surface area contributed by atoms with E-state index in [1.165, 1.54) is 6.08 Å². The number of hydrogen-bond acceptors (Lipinski definition) is 5. The molecule has 24 heavy (non-hydrogen) atoms. The number of ether oxygens (including phenoxy) is 1. The maximum Gasteiger partial charge on any atom is 0.316 e. The van der Waals surface area contributed by atoms with Gasteiger partial charge in [0, 0.05) is 12.3 Å². The van der Waals surface area contributed by atoms with Crippen molar-refractivity contribution in [1.29, 1.82) is 0 Å². The number of carbonyl (C=O) groups excluding carboxylic acids is 3. The Labute approximate surface area is 144 Å². The summed E-state index contributed by atoms with van der Waals surface area (Å²) in [4.78, 5) is 36.8. The Kier molecular flexibility index (Phi) is 7.80. The van der Waals surface area contributed by atoms with Crippen molar-refractivity contribution in [1.82, 2.24) is 0 Å². The van der Waals surface area contributed by atoms with E-state index in [9.17, 15) is 19.5 Å². The Hall–Kier alpha value is -1.49. The van der Waals surface area contributed by atoms with Gasteiger partial charge in [-0.15, -0.1) is 0 Å². The molecular formula is C19H30O5. The largest absolute Gasteiger partial charge is 0.459 e. The van der Waals surface area contributed by atoms with E-state index in [0.29, 0.717) is 31.3 Å². The number of aliphatic hydroxyl groups excluding tert-OH is 1. The van der Waals surface area contributed by atoms with E-state index in [1.54, 1.807) is 20.8 Å². The molecule has 1 rings (SSSR count). The van der Waals surface area contributed by atoms with Crippen LogP contribution >= 0.6 is 0 Å². The van der Waals surface area contributed by atoms with Gasteiger partial charge in [0.1, 0.15) is 23.9 Å². The van der Waals surface area contributed by atoms with Crippen molar-refractivity contribution in [3.05, 3.63) is 11.6 Å². The van der Waals surface area contributed by atoms with Gasteiger partial charge < -0.3 is 9.84 Å². The molecule has 136 valence electrons. The number of hydrogen-bond donors (Lipinski definition) is 1. The lowest BCUT2D eigenvalue weighted by atomic mass is 9.85. The lowest BCUT2D eigenvalue weighted by molar-refractivity contribution is -0.161. The molecule has 0 aromatic rings. The minimum Gasteiger partial charge on any atom is -0.459 e. The van der Waals surface area contributed by atoms with E-state index in [4.69, 9.17) is 4.74 Å². The van der Waals surface area contributed by atoms with Gasteiger partial charge in [-0.3, -0.25) is 14.4 Å². The lowest BCUT2D eigenvalue weighted by Gasteiger charge is -2.24. The van der Waals surface area contributed by atoms with Crippen molar-refractivity contribution in [3.63, 3.8) is 0 Å². The lowest BCUT2D eigenvalue weighted by Crippen LogP contribution is -2.35. The molecule has 1 unspecified atom stereocenters. The molecule has 5 nitrogen and oxygen atoms in total. The summed E-state index contributed by atoms with van der Waals surface area (Å²) >= 11 is 0. The molecule has 0 spiro atoms. The molecule has 1 heterocycles. The Morgan fingerprint density at radius 3 is 2.42 bits per heavy atom. The SMILES string of the molecule is CC[C@H]1OC(=O)[C@H](C)C(=O)[C@H](C)C[C@@H](C)CCC(=O)/C(C)=C/C1O. The van der Waals surface area contributed by atoms with Gasteiger partial charge in [0.15, 0.2) is 5.78 Å². The molecule has 5 heteroatoms. The summed E-state index contributed by atoms with van der Waals surface area (Å²) in [5.74, 6) is -1.68. The summed E-state index contributed by atoms with van der Waals surface area (Å²) in [6.45, 7) is 8.83. The van der Waals surface area contributed by atoms with Gasteiger partial charge in [0.2, 0.25) is 0 Å². The quantitative estimate of drug-likeness (QED) is 0.587. The van der Waals surface area contributed by atoms with Crippen LogP contribution in [0.3, 0.4) is 0 Å². The summed E-state index contributed by atoms with van der Waals surface area (Å²) in [5, 5.41) is 10.3. The zero-order chi connectivity index (χ0) is 18.4. The molecule has 1 aliphatic rings. The van der Waals surface area contributed by atoms with E-state index in [1.807, 2.05) is 13.8 Å². The molecular weight excluding hydrogens is 308 g/mol. The monoisotopic (exact) mass is 338 g/mol. The zero-order valence-electron chi connectivity index (χ0n) is 15.4. The first-order valence-electron chi connectivity index (χ1n) is 8.81. The fourth-order valence-electron chi connectivity index (χ4n) is 3.06. The number of carbonyl (C=O) groups is 3. The van der Waals surface area contributed by atoms with Crippen molar-refractivity contribution in [2.75, 3.05) is 0 Å². The molecule has 0 saturated heterocycles. The highest BCUT2D eigenvalue weighted by Crippen LogP contribution is 2.23. The molecule has 0 saturated carbocycles. The van der Waals surface area contributed by atoms with Crippen LogP contribution in [-0.4, -0.2) is 34.9 Å². The van der Waals surface area contributed by atoms with E-state index < -0.39 is 24.1 Å². The molecule has 0 amide bonds. The number of aliphatic hydroxyl groups is 1. The molecule has 0 aromatic carbocycles. The number of ketones is 2. The standard InChI is InChI=1S/C19H30O5/c1-6-17-16(21)10-12(3)15(20)8-7-11(2)9-13(4)18(22)14(5)19(23)24-17/h10-11,13-14,16-17,21H,6-9H2,1-5H3/b12-10+/t11-,13+,14+,16?,17+/m0/s1. The topological polar surface area (TPSA) is 80.7 Å². The van der Waals surface area contributed by atoms with Crippen LogP contribution in [0.5, 0.6) is 0 Å². The van der Waals surface area contributed by atoms with E-state index in [-0.39, 0.29) is 23.4 Å². The average molecular weight is 338 g/mol. The van der Waals surface area contributed by atoms with Gasteiger partial charge in [0.25, 0.3) is 0 Å². The third-order valence-corrected chi connectivity index (χ3v) is 4.80. The minimum absolute atomic E-state index is 0.0218. The predicted molar refractivity (Wildman–Crippen MR) is 91.3 cm³/mol. The first-order chi connectivity index (χ1) is 11.2. The van der Waals surface area contributed by atoms with Crippen LogP contribution in [0, 0.1) is 17.8 Å². The second-order valence-electron chi connectivity index (χ2n) is 7.05. The Morgan fingerprint density at radius 1 is 1.21 bits per heavy atom. The van der Waals surface area contributed by atoms with Crippen LogP contribution < -0.4 is 0 Å². The highest BCUT2D eigenvalue weighted by atomic mass is 16.6. The van der Waals surface area contributed by atoms with Crippen molar-refractivity contribution in [2.45, 2.75) is 72.5 Å². The summed E-state index contributed by atoms with van der Waals surface area (Å²) in [7, 11) is 0. The van der Waals surface area contributed by atoms with Crippen molar-refractivity contribution < 1.29 is 24.2 Å². The molecule has 5 atom stereocenters. The highest BCUT2D eigenvalue weighted by Gasteiger charge is 2.31. The van der Waals surface area contributed by atoms with Crippen LogP contribution in [0.25, 0.3) is 0 Å². The second kappa shape index (κ2) is 9.11. The number of allylic oxidation sites excluding steroid dienone is 1. The van der Waals surface area contributed by atoms with Crippen LogP contribution in [0.15, 0.2) is 11.6 Å². The zero-order valence-corrected chi connectivity index (χ0v) is 15.4. The molecule has 1 N–H and O–H groups in total. The smallest absolute Gasteiger partial charge is 0.316 e. The van der Waals surface area contributed by atoms with Gasteiger partial charge in [-0.2, -0.15) is 0 Å². The first-order valence-corrected chi connectivity index (χ1v) is 8.81. The van der Waals surface area contributed by atoms with Gasteiger partial charge in [-0.25, -0.2) is 0 Å². The van der Waals surface area contributed by atoms with Crippen LogP contribution in [0.1, 0.15) is 60.3 Å². The number of Topliss-reactive ketones (excluding diaryl/α,β-unsaturated/α-hetero) is 2. The molecule has 0 aromatic heterocycles. The van der Waals surface area contributed by atoms with Gasteiger partial charge in [0.05, 0.1) is 0 Å². The fourth-order valence-corrected chi connectivity index (χ4v) is 3.06. The summed E-state index contributed by atoms with van der Waals surface area (Å²) in [6.07, 6.45) is 1.77. The summed E-state index contributed by atoms with van der Waals surface area (Å²) < 4.78 is 5.33. The maximum absolute atomic E-state index is 12.4. The molecule has 1 aliphatic heterocycles. The average Bonchev–Trinajstić information content (AvgIpc) is 2.54. The van der Waals surface area contributed by atoms with Gasteiger partial charge >= 0.3 is 5.97 Å². The van der Waals surface area contributed by atoms with Crippen molar-refractivity contribution in [2.24, 2.45) is 17.8 Å². The van der Waals surface area contributed by atoms with E-state index in [2.05, 4.69) is 0 Å². The third-order valence-electron chi connectivity index (χ3n) is 4.80. The summed E-state index contributed by atoms with van der Waals surface area (Å²) in [5.41, 5.74) is 0.485. The fraction of sp³-hybridized carbons (Fsp3) is 0.737. The maximum atomic E-state index is 12.4. The third kappa shape index (κ3) is 5.55. The molecule has 0 aliphatic carbocycles. The molecule has 0 fully saturated rings. The Balaban J connectivity index is 3.08. The van der Waals surface area contributed by atoms with Crippen LogP contribution in [-0.2, 0) is 19.1 Å². The van der Waals surface area contributed by atoms with Crippen molar-refractivity contribution in [3.8, 4) is 0 Å². The number of cyclic esters (lactones) is 1. The van der Waals surface area contributed by atoms with Gasteiger partial charge in [-0.1, -0.05) is 20.8 Å². The first kappa shape index (κ1) is 20.6. The molecule has 0 bridgehead atoms. The Bertz CT molecular complexity index is 508. The second-order valence-corrected chi connectivity index (χ2v) is 7.05. The van der Waals surface area contributed by atoms with E-state index >= 15 is 0 Å². The van der Waals surface area contributed by atoms with Gasteiger partial charge in [-0.05, 0) is 50.7 Å². The predicted octanol–water partition coefficient (Wildman–Crippen LogP) is 2.85. The number of esters is 1. The molecule has 0 radical (unpaired) electrons. The normalized spacial score (nSPS) is 36.5. The van der Waals surface area contributed by atoms with Crippen molar-refractivity contribution >= 4 is 17.5 Å². The highest BCUT2D eigenvalue weighted by molar-refractivity contribution is 5.99. The Morgan fingerprint density at radius 2 is 1.83 bits per heavy atom. The van der Waals surface area contributed by atoms with E-state index in [0.717, 1.165) is 0 Å². The number of rotatable bonds is 1.